The fourth-order valence-corrected chi connectivity index (χ4v) is 3.71. The summed E-state index contributed by atoms with van der Waals surface area (Å²) in [6, 6.07) is 7.68. The molecule has 1 atom stereocenters. The van der Waals surface area contributed by atoms with Crippen LogP contribution in [-0.2, 0) is 6.54 Å². The summed E-state index contributed by atoms with van der Waals surface area (Å²) < 4.78 is 12.8. The number of ether oxygens (including phenoxy) is 2. The number of rotatable bonds is 3. The predicted molar refractivity (Wildman–Crippen MR) is 92.9 cm³/mol. The monoisotopic (exact) mass is 341 g/mol. The first-order valence-corrected chi connectivity index (χ1v) is 8.83. The molecule has 25 heavy (non-hydrogen) atoms. The van der Waals surface area contributed by atoms with Gasteiger partial charge in [-0.2, -0.15) is 5.10 Å². The van der Waals surface area contributed by atoms with Crippen molar-refractivity contribution in [1.82, 2.24) is 14.7 Å². The van der Waals surface area contributed by atoms with Crippen LogP contribution in [0.2, 0.25) is 0 Å². The minimum absolute atomic E-state index is 0.0598. The number of benzene rings is 1. The highest BCUT2D eigenvalue weighted by molar-refractivity contribution is 5.95. The number of carbonyl (C=O) groups excluding carboxylic acids is 1. The van der Waals surface area contributed by atoms with Crippen LogP contribution in [0.3, 0.4) is 0 Å². The number of hydrogen-bond donors (Lipinski definition) is 0. The van der Waals surface area contributed by atoms with Crippen LogP contribution in [0.5, 0.6) is 11.5 Å². The summed E-state index contributed by atoms with van der Waals surface area (Å²) in [4.78, 5) is 15.1. The maximum Gasteiger partial charge on any atom is 0.254 e. The van der Waals surface area contributed by atoms with Crippen LogP contribution < -0.4 is 9.47 Å². The Morgan fingerprint density at radius 3 is 2.84 bits per heavy atom. The number of aryl methyl sites for hydroxylation is 2. The first-order chi connectivity index (χ1) is 12.1. The SMILES string of the molecule is Cc1cc(C)n(C[C@@H]2CCCCN2C(=O)c2ccc3c(c2)OCO3)n1. The van der Waals surface area contributed by atoms with Crippen LogP contribution in [-0.4, -0.2) is 40.0 Å². The second-order valence-corrected chi connectivity index (χ2v) is 6.83. The van der Waals surface area contributed by atoms with Crippen LogP contribution >= 0.6 is 0 Å². The summed E-state index contributed by atoms with van der Waals surface area (Å²) in [6.07, 6.45) is 3.20. The topological polar surface area (TPSA) is 56.6 Å². The molecule has 0 saturated carbocycles. The van der Waals surface area contributed by atoms with Crippen molar-refractivity contribution in [1.29, 1.82) is 0 Å². The van der Waals surface area contributed by atoms with E-state index in [1.807, 2.05) is 28.6 Å². The van der Waals surface area contributed by atoms with Gasteiger partial charge in [-0.05, 0) is 57.4 Å². The van der Waals surface area contributed by atoms with Gasteiger partial charge in [-0.3, -0.25) is 9.48 Å². The molecule has 1 saturated heterocycles. The molecule has 0 N–H and O–H groups in total. The number of aromatic nitrogens is 2. The van der Waals surface area contributed by atoms with Crippen molar-refractivity contribution in [2.24, 2.45) is 0 Å². The Kier molecular flexibility index (Phi) is 4.11. The molecule has 0 bridgehead atoms. The van der Waals surface area contributed by atoms with Gasteiger partial charge in [-0.15, -0.1) is 0 Å². The lowest BCUT2D eigenvalue weighted by molar-refractivity contribution is 0.0582. The maximum absolute atomic E-state index is 13.1. The zero-order valence-corrected chi connectivity index (χ0v) is 14.7. The van der Waals surface area contributed by atoms with Crippen LogP contribution in [0.1, 0.15) is 41.0 Å². The van der Waals surface area contributed by atoms with Gasteiger partial charge in [0.05, 0.1) is 18.3 Å². The van der Waals surface area contributed by atoms with Crippen molar-refractivity contribution in [3.8, 4) is 11.5 Å². The molecule has 0 spiro atoms. The first-order valence-electron chi connectivity index (χ1n) is 8.83. The summed E-state index contributed by atoms with van der Waals surface area (Å²) >= 11 is 0. The summed E-state index contributed by atoms with van der Waals surface area (Å²) in [5.74, 6) is 1.41. The molecule has 0 radical (unpaired) electrons. The number of likely N-dealkylation sites (tertiary alicyclic amines) is 1. The zero-order valence-electron chi connectivity index (χ0n) is 14.7. The van der Waals surface area contributed by atoms with Crippen molar-refractivity contribution >= 4 is 5.91 Å². The standard InChI is InChI=1S/C19H23N3O3/c1-13-9-14(2)22(20-13)11-16-5-3-4-8-21(16)19(23)15-6-7-17-18(10-15)25-12-24-17/h6-7,9-10,16H,3-5,8,11-12H2,1-2H3/t16-/m0/s1. The zero-order chi connectivity index (χ0) is 17.4. The largest absolute Gasteiger partial charge is 0.454 e. The fourth-order valence-electron chi connectivity index (χ4n) is 3.71. The van der Waals surface area contributed by atoms with E-state index in [1.165, 1.54) is 0 Å². The Hall–Kier alpha value is -2.50. The van der Waals surface area contributed by atoms with Crippen molar-refractivity contribution in [2.45, 2.75) is 45.7 Å². The van der Waals surface area contributed by atoms with E-state index < -0.39 is 0 Å². The minimum Gasteiger partial charge on any atom is -0.454 e. The molecule has 0 unspecified atom stereocenters. The first kappa shape index (κ1) is 16.0. The van der Waals surface area contributed by atoms with Crippen LogP contribution in [0.4, 0.5) is 0 Å². The lowest BCUT2D eigenvalue weighted by atomic mass is 10.0. The van der Waals surface area contributed by atoms with Crippen LogP contribution in [0, 0.1) is 13.8 Å². The summed E-state index contributed by atoms with van der Waals surface area (Å²) in [5, 5.41) is 4.56. The van der Waals surface area contributed by atoms with E-state index in [2.05, 4.69) is 18.1 Å². The molecule has 3 heterocycles. The molecule has 2 aromatic rings. The molecule has 1 amide bonds. The van der Waals surface area contributed by atoms with Gasteiger partial charge in [0.25, 0.3) is 5.91 Å². The van der Waals surface area contributed by atoms with Crippen molar-refractivity contribution < 1.29 is 14.3 Å². The lowest BCUT2D eigenvalue weighted by Gasteiger charge is -2.36. The Morgan fingerprint density at radius 1 is 1.20 bits per heavy atom. The summed E-state index contributed by atoms with van der Waals surface area (Å²) in [6.45, 7) is 5.82. The van der Waals surface area contributed by atoms with Crippen molar-refractivity contribution in [2.75, 3.05) is 13.3 Å². The highest BCUT2D eigenvalue weighted by Crippen LogP contribution is 2.33. The molecule has 1 fully saturated rings. The van der Waals surface area contributed by atoms with Gasteiger partial charge in [0, 0.05) is 17.8 Å². The predicted octanol–water partition coefficient (Wildman–Crippen LogP) is 2.92. The second kappa shape index (κ2) is 6.43. The molecule has 2 aliphatic heterocycles. The summed E-state index contributed by atoms with van der Waals surface area (Å²) in [5.41, 5.74) is 2.81. The molecule has 1 aromatic carbocycles. The molecule has 0 aliphatic carbocycles. The quantitative estimate of drug-likeness (QED) is 0.861. The van der Waals surface area contributed by atoms with E-state index in [-0.39, 0.29) is 18.7 Å². The maximum atomic E-state index is 13.1. The second-order valence-electron chi connectivity index (χ2n) is 6.83. The van der Waals surface area contributed by atoms with Gasteiger partial charge in [-0.1, -0.05) is 0 Å². The molecule has 132 valence electrons. The number of carbonyl (C=O) groups is 1. The molecule has 6 heteroatoms. The van der Waals surface area contributed by atoms with Gasteiger partial charge in [0.1, 0.15) is 0 Å². The van der Waals surface area contributed by atoms with Gasteiger partial charge >= 0.3 is 0 Å². The third-order valence-electron chi connectivity index (χ3n) is 4.99. The third kappa shape index (κ3) is 3.08. The van der Waals surface area contributed by atoms with Gasteiger partial charge in [0.15, 0.2) is 11.5 Å². The highest BCUT2D eigenvalue weighted by Gasteiger charge is 2.29. The van der Waals surface area contributed by atoms with E-state index in [1.54, 1.807) is 6.07 Å². The molecule has 4 rings (SSSR count). The van der Waals surface area contributed by atoms with E-state index in [4.69, 9.17) is 9.47 Å². The Morgan fingerprint density at radius 2 is 2.04 bits per heavy atom. The molecule has 2 aliphatic rings. The third-order valence-corrected chi connectivity index (χ3v) is 4.99. The van der Waals surface area contributed by atoms with E-state index in [9.17, 15) is 4.79 Å². The smallest absolute Gasteiger partial charge is 0.254 e. The summed E-state index contributed by atoms with van der Waals surface area (Å²) in [7, 11) is 0. The normalized spacial score (nSPS) is 19.3. The average molecular weight is 341 g/mol. The number of nitrogens with zero attached hydrogens (tertiary/aromatic N) is 3. The van der Waals surface area contributed by atoms with Crippen LogP contribution in [0.15, 0.2) is 24.3 Å². The Bertz CT molecular complexity index is 799. The van der Waals surface area contributed by atoms with E-state index >= 15 is 0 Å². The van der Waals surface area contributed by atoms with E-state index in [0.29, 0.717) is 17.1 Å². The van der Waals surface area contributed by atoms with Gasteiger partial charge in [-0.25, -0.2) is 0 Å². The fraction of sp³-hybridized carbons (Fsp3) is 0.474. The van der Waals surface area contributed by atoms with E-state index in [0.717, 1.165) is 43.7 Å². The lowest BCUT2D eigenvalue weighted by Crippen LogP contribution is -2.46. The Labute approximate surface area is 147 Å². The van der Waals surface area contributed by atoms with Gasteiger partial charge in [0.2, 0.25) is 6.79 Å². The number of hydrogen-bond acceptors (Lipinski definition) is 4. The molecular formula is C19H23N3O3. The van der Waals surface area contributed by atoms with Gasteiger partial charge < -0.3 is 14.4 Å². The number of piperidine rings is 1. The molecule has 1 aromatic heterocycles. The van der Waals surface area contributed by atoms with Crippen molar-refractivity contribution in [3.63, 3.8) is 0 Å². The average Bonchev–Trinajstić information content (AvgIpc) is 3.20. The molecular weight excluding hydrogens is 318 g/mol. The highest BCUT2D eigenvalue weighted by atomic mass is 16.7. The minimum atomic E-state index is 0.0598. The number of amides is 1. The van der Waals surface area contributed by atoms with Crippen molar-refractivity contribution in [3.05, 3.63) is 41.2 Å². The van der Waals surface area contributed by atoms with Crippen LogP contribution in [0.25, 0.3) is 0 Å². The Balaban J connectivity index is 1.56. The number of fused-ring (bicyclic) bond motifs is 1. The molecule has 6 nitrogen and oxygen atoms in total.